The third-order valence-corrected chi connectivity index (χ3v) is 3.80. The molecule has 2 aromatic carbocycles. The number of hydrogen-bond acceptors (Lipinski definition) is 2. The maximum absolute atomic E-state index is 12.2. The van der Waals surface area contributed by atoms with Crippen LogP contribution < -0.4 is 11.1 Å². The number of hydrogen-bond donors (Lipinski definition) is 2. The van der Waals surface area contributed by atoms with E-state index in [2.05, 4.69) is 31.3 Å². The molecule has 3 N–H and O–H groups in total. The number of amides is 1. The minimum Gasteiger partial charge on any atom is -0.324 e. The first kappa shape index (κ1) is 15.3. The van der Waals surface area contributed by atoms with Crippen molar-refractivity contribution in [2.24, 2.45) is 5.73 Å². The molecule has 0 saturated carbocycles. The van der Waals surface area contributed by atoms with Gasteiger partial charge in [-0.25, -0.2) is 0 Å². The summed E-state index contributed by atoms with van der Waals surface area (Å²) in [5.41, 5.74) is 8.84. The van der Waals surface area contributed by atoms with E-state index in [9.17, 15) is 4.79 Å². The van der Waals surface area contributed by atoms with Gasteiger partial charge in [-0.15, -0.1) is 0 Å². The zero-order valence-electron chi connectivity index (χ0n) is 12.5. The summed E-state index contributed by atoms with van der Waals surface area (Å²) in [6.45, 7) is 4.36. The molecule has 1 unspecified atom stereocenters. The number of anilines is 1. The highest BCUT2D eigenvalue weighted by atomic mass is 16.2. The zero-order chi connectivity index (χ0) is 15.2. The second kappa shape index (κ2) is 7.04. The van der Waals surface area contributed by atoms with Gasteiger partial charge >= 0.3 is 0 Å². The lowest BCUT2D eigenvalue weighted by atomic mass is 9.98. The van der Waals surface area contributed by atoms with E-state index in [0.717, 1.165) is 17.7 Å². The van der Waals surface area contributed by atoms with E-state index in [0.29, 0.717) is 5.92 Å². The summed E-state index contributed by atoms with van der Waals surface area (Å²) in [4.78, 5) is 12.2. The molecule has 2 atom stereocenters. The first-order valence-electron chi connectivity index (χ1n) is 7.33. The predicted molar refractivity (Wildman–Crippen MR) is 87.1 cm³/mol. The van der Waals surface area contributed by atoms with Crippen LogP contribution in [-0.4, -0.2) is 5.91 Å². The standard InChI is InChI=1S/C18H22N2O/c1-3-13(2)14-9-11-16(12-10-14)20-18(21)17(19)15-7-5-4-6-8-15/h4-13,17H,3,19H2,1-2H3,(H,20,21)/t13?,17-/m1/s1. The average Bonchev–Trinajstić information content (AvgIpc) is 2.55. The minimum atomic E-state index is -0.652. The highest BCUT2D eigenvalue weighted by Crippen LogP contribution is 2.21. The fourth-order valence-electron chi connectivity index (χ4n) is 2.16. The molecule has 0 aliphatic carbocycles. The van der Waals surface area contributed by atoms with Crippen molar-refractivity contribution in [3.63, 3.8) is 0 Å². The van der Waals surface area contributed by atoms with Crippen molar-refractivity contribution in [3.8, 4) is 0 Å². The number of rotatable bonds is 5. The van der Waals surface area contributed by atoms with Crippen LogP contribution in [0.1, 0.15) is 43.4 Å². The van der Waals surface area contributed by atoms with Gasteiger partial charge in [-0.05, 0) is 35.6 Å². The third-order valence-electron chi connectivity index (χ3n) is 3.80. The molecule has 0 fully saturated rings. The summed E-state index contributed by atoms with van der Waals surface area (Å²) in [6.07, 6.45) is 1.10. The maximum Gasteiger partial charge on any atom is 0.245 e. The van der Waals surface area contributed by atoms with E-state index in [1.54, 1.807) is 0 Å². The summed E-state index contributed by atoms with van der Waals surface area (Å²) in [7, 11) is 0. The van der Waals surface area contributed by atoms with Crippen LogP contribution in [0.15, 0.2) is 54.6 Å². The fraction of sp³-hybridized carbons (Fsp3) is 0.278. The van der Waals surface area contributed by atoms with E-state index in [1.165, 1.54) is 5.56 Å². The van der Waals surface area contributed by atoms with Gasteiger partial charge in [-0.3, -0.25) is 4.79 Å². The van der Waals surface area contributed by atoms with Crippen molar-refractivity contribution in [2.75, 3.05) is 5.32 Å². The second-order valence-corrected chi connectivity index (χ2v) is 5.31. The van der Waals surface area contributed by atoms with Gasteiger partial charge in [0.1, 0.15) is 6.04 Å². The van der Waals surface area contributed by atoms with E-state index >= 15 is 0 Å². The highest BCUT2D eigenvalue weighted by Gasteiger charge is 2.15. The Balaban J connectivity index is 2.03. The van der Waals surface area contributed by atoms with E-state index in [4.69, 9.17) is 5.73 Å². The topological polar surface area (TPSA) is 55.1 Å². The van der Waals surface area contributed by atoms with Gasteiger partial charge in [-0.2, -0.15) is 0 Å². The van der Waals surface area contributed by atoms with Crippen molar-refractivity contribution in [2.45, 2.75) is 32.2 Å². The summed E-state index contributed by atoms with van der Waals surface area (Å²) in [5.74, 6) is 0.332. The van der Waals surface area contributed by atoms with Crippen LogP contribution in [0.5, 0.6) is 0 Å². The molecule has 0 radical (unpaired) electrons. The van der Waals surface area contributed by atoms with Crippen LogP contribution in [0.2, 0.25) is 0 Å². The molecule has 3 nitrogen and oxygen atoms in total. The number of carbonyl (C=O) groups is 1. The molecule has 3 heteroatoms. The largest absolute Gasteiger partial charge is 0.324 e. The second-order valence-electron chi connectivity index (χ2n) is 5.31. The van der Waals surface area contributed by atoms with Gasteiger partial charge < -0.3 is 11.1 Å². The molecule has 0 bridgehead atoms. The summed E-state index contributed by atoms with van der Waals surface area (Å²) >= 11 is 0. The first-order chi connectivity index (χ1) is 10.1. The Morgan fingerprint density at radius 1 is 1.05 bits per heavy atom. The molecule has 2 aromatic rings. The Bertz CT molecular complexity index is 578. The lowest BCUT2D eigenvalue weighted by Gasteiger charge is -2.14. The summed E-state index contributed by atoms with van der Waals surface area (Å²) < 4.78 is 0. The van der Waals surface area contributed by atoms with Crippen molar-refractivity contribution in [1.82, 2.24) is 0 Å². The van der Waals surface area contributed by atoms with Crippen LogP contribution in [0.4, 0.5) is 5.69 Å². The Morgan fingerprint density at radius 3 is 2.24 bits per heavy atom. The summed E-state index contributed by atoms with van der Waals surface area (Å²) in [5, 5.41) is 2.86. The predicted octanol–water partition coefficient (Wildman–Crippen LogP) is 3.84. The Labute approximate surface area is 126 Å². The van der Waals surface area contributed by atoms with Gasteiger partial charge in [-0.1, -0.05) is 56.3 Å². The molecule has 2 rings (SSSR count). The number of nitrogens with one attached hydrogen (secondary N) is 1. The lowest BCUT2D eigenvalue weighted by molar-refractivity contribution is -0.117. The number of nitrogens with two attached hydrogens (primary N) is 1. The maximum atomic E-state index is 12.2. The molecule has 0 saturated heterocycles. The Hall–Kier alpha value is -2.13. The molecular formula is C18H22N2O. The first-order valence-corrected chi connectivity index (χ1v) is 7.33. The molecule has 0 heterocycles. The third kappa shape index (κ3) is 3.92. The highest BCUT2D eigenvalue weighted by molar-refractivity contribution is 5.95. The SMILES string of the molecule is CCC(C)c1ccc(NC(=O)[C@H](N)c2ccccc2)cc1. The lowest BCUT2D eigenvalue weighted by Crippen LogP contribution is -2.27. The van der Waals surface area contributed by atoms with Gasteiger partial charge in [0.25, 0.3) is 0 Å². The normalized spacial score (nSPS) is 13.5. The molecule has 110 valence electrons. The van der Waals surface area contributed by atoms with Gasteiger partial charge in [0, 0.05) is 5.69 Å². The zero-order valence-corrected chi connectivity index (χ0v) is 12.5. The molecular weight excluding hydrogens is 260 g/mol. The van der Waals surface area contributed by atoms with E-state index in [1.807, 2.05) is 42.5 Å². The van der Waals surface area contributed by atoms with Crippen LogP contribution in [0.3, 0.4) is 0 Å². The molecule has 0 aliphatic rings. The molecule has 0 spiro atoms. The van der Waals surface area contributed by atoms with Crippen molar-refractivity contribution < 1.29 is 4.79 Å². The molecule has 21 heavy (non-hydrogen) atoms. The summed E-state index contributed by atoms with van der Waals surface area (Å²) in [6, 6.07) is 16.7. The Kier molecular flexibility index (Phi) is 5.12. The van der Waals surface area contributed by atoms with Crippen molar-refractivity contribution >= 4 is 11.6 Å². The monoisotopic (exact) mass is 282 g/mol. The van der Waals surface area contributed by atoms with Gasteiger partial charge in [0.05, 0.1) is 0 Å². The Morgan fingerprint density at radius 2 is 1.67 bits per heavy atom. The van der Waals surface area contributed by atoms with Crippen LogP contribution in [0, 0.1) is 0 Å². The average molecular weight is 282 g/mol. The van der Waals surface area contributed by atoms with Crippen molar-refractivity contribution in [3.05, 3.63) is 65.7 Å². The quantitative estimate of drug-likeness (QED) is 0.875. The minimum absolute atomic E-state index is 0.197. The molecule has 1 amide bonds. The fourth-order valence-corrected chi connectivity index (χ4v) is 2.16. The van der Waals surface area contributed by atoms with Crippen LogP contribution in [-0.2, 0) is 4.79 Å². The molecule has 0 aromatic heterocycles. The number of carbonyl (C=O) groups excluding carboxylic acids is 1. The van der Waals surface area contributed by atoms with E-state index in [-0.39, 0.29) is 5.91 Å². The van der Waals surface area contributed by atoms with Gasteiger partial charge in [0.2, 0.25) is 5.91 Å². The van der Waals surface area contributed by atoms with Gasteiger partial charge in [0.15, 0.2) is 0 Å². The number of benzene rings is 2. The van der Waals surface area contributed by atoms with Crippen molar-refractivity contribution in [1.29, 1.82) is 0 Å². The van der Waals surface area contributed by atoms with Crippen LogP contribution in [0.25, 0.3) is 0 Å². The smallest absolute Gasteiger partial charge is 0.245 e. The van der Waals surface area contributed by atoms with Crippen LogP contribution >= 0.6 is 0 Å². The molecule has 0 aliphatic heterocycles. The van der Waals surface area contributed by atoms with E-state index < -0.39 is 6.04 Å².